The zero-order valence-corrected chi connectivity index (χ0v) is 15.0. The van der Waals surface area contributed by atoms with Crippen LogP contribution in [0.4, 0.5) is 13.2 Å². The second kappa shape index (κ2) is 6.76. The summed E-state index contributed by atoms with van der Waals surface area (Å²) in [7, 11) is 0. The zero-order chi connectivity index (χ0) is 18.9. The van der Waals surface area contributed by atoms with Crippen LogP contribution in [0, 0.1) is 11.5 Å². The molecule has 138 valence electrons. The van der Waals surface area contributed by atoms with Crippen LogP contribution in [0.2, 0.25) is 0 Å². The van der Waals surface area contributed by atoms with Crippen molar-refractivity contribution in [3.05, 3.63) is 29.8 Å². The van der Waals surface area contributed by atoms with E-state index in [0.717, 1.165) is 6.42 Å². The van der Waals surface area contributed by atoms with Gasteiger partial charge in [-0.05, 0) is 56.3 Å². The first-order chi connectivity index (χ1) is 12.2. The largest absolute Gasteiger partial charge is 0.483 e. The highest BCUT2D eigenvalue weighted by molar-refractivity contribution is 8.00. The SMILES string of the molecule is CC1(C)C=C(N2CCCNC2=NC#N)c2cc(SC(F)(F)F)ccc2O1. The van der Waals surface area contributed by atoms with E-state index in [1.54, 1.807) is 12.3 Å². The molecule has 5 nitrogen and oxygen atoms in total. The standard InChI is InChI=1S/C17H17F3N4OS/c1-16(2)9-13(24-7-3-6-22-15(24)23-10-21)12-8-11(26-17(18,19)20)4-5-14(12)25-16/h4-5,8-9H,3,6-7H2,1-2H3,(H,22,23). The maximum absolute atomic E-state index is 12.8. The van der Waals surface area contributed by atoms with E-state index in [1.807, 2.05) is 24.8 Å². The molecular weight excluding hydrogens is 365 g/mol. The predicted molar refractivity (Wildman–Crippen MR) is 93.4 cm³/mol. The number of aliphatic imine (C=N–C) groups is 1. The Hall–Kier alpha value is -2.34. The molecule has 1 aromatic rings. The molecule has 26 heavy (non-hydrogen) atoms. The molecule has 0 spiro atoms. The second-order valence-corrected chi connectivity index (χ2v) is 7.55. The third-order valence-corrected chi connectivity index (χ3v) is 4.58. The molecule has 0 unspecified atom stereocenters. The minimum Gasteiger partial charge on any atom is -0.483 e. The number of halogens is 3. The van der Waals surface area contributed by atoms with Gasteiger partial charge in [-0.25, -0.2) is 0 Å². The molecule has 1 saturated heterocycles. The van der Waals surface area contributed by atoms with E-state index in [2.05, 4.69) is 10.3 Å². The van der Waals surface area contributed by atoms with E-state index in [4.69, 9.17) is 10.00 Å². The van der Waals surface area contributed by atoms with Crippen molar-refractivity contribution in [1.29, 1.82) is 5.26 Å². The quantitative estimate of drug-likeness (QED) is 0.620. The van der Waals surface area contributed by atoms with E-state index in [-0.39, 0.29) is 16.7 Å². The van der Waals surface area contributed by atoms with Gasteiger partial charge in [-0.3, -0.25) is 0 Å². The highest BCUT2D eigenvalue weighted by Crippen LogP contribution is 2.43. The van der Waals surface area contributed by atoms with Crippen LogP contribution in [0.15, 0.2) is 34.2 Å². The summed E-state index contributed by atoms with van der Waals surface area (Å²) in [4.78, 5) is 5.71. The monoisotopic (exact) mass is 382 g/mol. The summed E-state index contributed by atoms with van der Waals surface area (Å²) in [6, 6.07) is 4.42. The van der Waals surface area contributed by atoms with Crippen LogP contribution < -0.4 is 10.1 Å². The number of guanidine groups is 1. The number of thioether (sulfide) groups is 1. The van der Waals surface area contributed by atoms with Crippen LogP contribution in [0.3, 0.4) is 0 Å². The Morgan fingerprint density at radius 2 is 2.15 bits per heavy atom. The van der Waals surface area contributed by atoms with Crippen LogP contribution in [0.1, 0.15) is 25.8 Å². The highest BCUT2D eigenvalue weighted by atomic mass is 32.2. The highest BCUT2D eigenvalue weighted by Gasteiger charge is 2.34. The Morgan fingerprint density at radius 1 is 1.38 bits per heavy atom. The third kappa shape index (κ3) is 4.07. The molecule has 0 bridgehead atoms. The van der Waals surface area contributed by atoms with Crippen LogP contribution in [-0.2, 0) is 0 Å². The van der Waals surface area contributed by atoms with Crippen molar-refractivity contribution in [3.63, 3.8) is 0 Å². The first-order valence-electron chi connectivity index (χ1n) is 7.99. The molecule has 2 aliphatic heterocycles. The molecule has 2 heterocycles. The van der Waals surface area contributed by atoms with Crippen molar-refractivity contribution in [3.8, 4) is 11.9 Å². The lowest BCUT2D eigenvalue weighted by atomic mass is 9.98. The summed E-state index contributed by atoms with van der Waals surface area (Å²) >= 11 is -0.166. The number of benzene rings is 1. The molecule has 2 aliphatic rings. The summed E-state index contributed by atoms with van der Waals surface area (Å²) in [5, 5.41) is 12.0. The van der Waals surface area contributed by atoms with Gasteiger partial charge in [0.2, 0.25) is 12.2 Å². The fourth-order valence-corrected chi connectivity index (χ4v) is 3.54. The molecule has 0 saturated carbocycles. The van der Waals surface area contributed by atoms with Gasteiger partial charge in [0.15, 0.2) is 0 Å². The van der Waals surface area contributed by atoms with Crippen molar-refractivity contribution in [2.75, 3.05) is 13.1 Å². The number of nitriles is 1. The van der Waals surface area contributed by atoms with Gasteiger partial charge in [0, 0.05) is 23.5 Å². The van der Waals surface area contributed by atoms with Crippen molar-refractivity contribution in [1.82, 2.24) is 10.2 Å². The summed E-state index contributed by atoms with van der Waals surface area (Å²) in [5.41, 5.74) is -3.78. The van der Waals surface area contributed by atoms with Gasteiger partial charge in [-0.2, -0.15) is 18.4 Å². The van der Waals surface area contributed by atoms with E-state index in [9.17, 15) is 13.2 Å². The fourth-order valence-electron chi connectivity index (χ4n) is 2.96. The summed E-state index contributed by atoms with van der Waals surface area (Å²) in [6.45, 7) is 5.02. The van der Waals surface area contributed by atoms with Crippen molar-refractivity contribution in [2.24, 2.45) is 4.99 Å². The molecular formula is C17H17F3N4OS. The van der Waals surface area contributed by atoms with E-state index >= 15 is 0 Å². The number of fused-ring (bicyclic) bond motifs is 1. The van der Waals surface area contributed by atoms with E-state index in [0.29, 0.717) is 36.1 Å². The molecule has 0 aromatic heterocycles. The van der Waals surface area contributed by atoms with E-state index in [1.165, 1.54) is 12.1 Å². The number of nitrogens with zero attached hydrogens (tertiary/aromatic N) is 3. The molecule has 3 rings (SSSR count). The number of ether oxygens (including phenoxy) is 1. The van der Waals surface area contributed by atoms with Crippen LogP contribution >= 0.6 is 11.8 Å². The number of nitrogens with one attached hydrogen (secondary N) is 1. The normalized spacial score (nSPS) is 20.5. The predicted octanol–water partition coefficient (Wildman–Crippen LogP) is 3.94. The third-order valence-electron chi connectivity index (χ3n) is 3.86. The Labute approximate surface area is 153 Å². The molecule has 9 heteroatoms. The average Bonchev–Trinajstić information content (AvgIpc) is 2.53. The Morgan fingerprint density at radius 3 is 2.85 bits per heavy atom. The molecule has 1 fully saturated rings. The lowest BCUT2D eigenvalue weighted by Crippen LogP contribution is -2.47. The van der Waals surface area contributed by atoms with Crippen molar-refractivity contribution >= 4 is 23.4 Å². The van der Waals surface area contributed by atoms with Crippen molar-refractivity contribution < 1.29 is 17.9 Å². The first kappa shape index (κ1) is 18.5. The number of hydrogen-bond acceptors (Lipinski definition) is 4. The Bertz CT molecular complexity index is 811. The number of rotatable bonds is 2. The lowest BCUT2D eigenvalue weighted by molar-refractivity contribution is -0.0328. The zero-order valence-electron chi connectivity index (χ0n) is 14.2. The molecule has 0 aliphatic carbocycles. The molecule has 1 aromatic carbocycles. The molecule has 0 radical (unpaired) electrons. The summed E-state index contributed by atoms with van der Waals surface area (Å²) in [6.07, 6.45) is 4.43. The van der Waals surface area contributed by atoms with Gasteiger partial charge in [-0.15, -0.1) is 4.99 Å². The van der Waals surface area contributed by atoms with Gasteiger partial charge in [0.05, 0.1) is 5.70 Å². The van der Waals surface area contributed by atoms with Crippen LogP contribution in [0.25, 0.3) is 5.70 Å². The number of hydrogen-bond donors (Lipinski definition) is 1. The van der Waals surface area contributed by atoms with Gasteiger partial charge in [0.25, 0.3) is 0 Å². The second-order valence-electron chi connectivity index (χ2n) is 6.41. The first-order valence-corrected chi connectivity index (χ1v) is 8.80. The maximum atomic E-state index is 12.8. The van der Waals surface area contributed by atoms with Crippen molar-refractivity contribution in [2.45, 2.75) is 36.3 Å². The van der Waals surface area contributed by atoms with E-state index < -0.39 is 11.1 Å². The molecule has 1 N–H and O–H groups in total. The topological polar surface area (TPSA) is 60.7 Å². The molecule has 0 atom stereocenters. The summed E-state index contributed by atoms with van der Waals surface area (Å²) < 4.78 is 44.2. The minimum absolute atomic E-state index is 0.0780. The summed E-state index contributed by atoms with van der Waals surface area (Å²) in [5.74, 6) is 0.892. The fraction of sp³-hybridized carbons (Fsp3) is 0.412. The lowest BCUT2D eigenvalue weighted by Gasteiger charge is -2.38. The van der Waals surface area contributed by atoms with Crippen LogP contribution in [-0.4, -0.2) is 35.1 Å². The van der Waals surface area contributed by atoms with Gasteiger partial charge in [0.1, 0.15) is 11.4 Å². The smallest absolute Gasteiger partial charge is 0.446 e. The average molecular weight is 382 g/mol. The number of alkyl halides is 3. The molecule has 0 amide bonds. The Balaban J connectivity index is 2.07. The minimum atomic E-state index is -4.37. The maximum Gasteiger partial charge on any atom is 0.446 e. The Kier molecular flexibility index (Phi) is 4.80. The van der Waals surface area contributed by atoms with Crippen LogP contribution in [0.5, 0.6) is 5.75 Å². The van der Waals surface area contributed by atoms with Gasteiger partial charge in [-0.1, -0.05) is 0 Å². The van der Waals surface area contributed by atoms with Gasteiger partial charge >= 0.3 is 5.51 Å². The van der Waals surface area contributed by atoms with Gasteiger partial charge < -0.3 is 15.0 Å².